The van der Waals surface area contributed by atoms with E-state index in [4.69, 9.17) is 11.6 Å². The Balaban J connectivity index is 2.61. The quantitative estimate of drug-likeness (QED) is 0.181. The fourth-order valence-electron chi connectivity index (χ4n) is 1.70. The Kier molecular flexibility index (Phi) is 6.26. The average Bonchev–Trinajstić information content (AvgIpc) is 2.65. The maximum Gasteiger partial charge on any atom is 0.313 e. The van der Waals surface area contributed by atoms with Crippen LogP contribution in [-0.2, 0) is 10.8 Å². The highest BCUT2D eigenvalue weighted by molar-refractivity contribution is 8.14. The zero-order valence-corrected chi connectivity index (χ0v) is 14.6. The smallest absolute Gasteiger partial charge is 0.249 e. The minimum absolute atomic E-state index is 1.20. The zero-order chi connectivity index (χ0) is 21.7. The topological polar surface area (TPSA) is 17.1 Å². The molecule has 0 saturated carbocycles. The van der Waals surface area contributed by atoms with Crippen molar-refractivity contribution in [3.63, 3.8) is 0 Å². The van der Waals surface area contributed by atoms with E-state index < -0.39 is 94.3 Å². The molecule has 0 aliphatic rings. The molecular weight excluding hydrogens is 481 g/mol. The van der Waals surface area contributed by atoms with Gasteiger partial charge in [0.05, 0.1) is 4.90 Å². The van der Waals surface area contributed by atoms with E-state index in [9.17, 15) is 52.5 Å². The standard InChI is InChI=1S/C13ClF11OS2/c14-13(25,27-11-7(21)3(17)1(15)4(18)8(11)22)28(26)12-9(23)5(19)2(16)6(20)10(12)24. The summed E-state index contributed by atoms with van der Waals surface area (Å²) in [5.74, 6) is -26.6. The Morgan fingerprint density at radius 3 is 1.25 bits per heavy atom. The van der Waals surface area contributed by atoms with Gasteiger partial charge in [0.25, 0.3) is 0 Å². The summed E-state index contributed by atoms with van der Waals surface area (Å²) in [5, 5.41) is 0. The fraction of sp³-hybridized carbons (Fsp3) is 0.0769. The van der Waals surface area contributed by atoms with E-state index in [-0.39, 0.29) is 0 Å². The summed E-state index contributed by atoms with van der Waals surface area (Å²) < 4.78 is 155. The normalized spacial score (nSPS) is 14.9. The first kappa shape index (κ1) is 22.7. The molecule has 0 radical (unpaired) electrons. The molecule has 2 aromatic carbocycles. The van der Waals surface area contributed by atoms with Gasteiger partial charge in [0.2, 0.25) is 11.6 Å². The molecule has 0 saturated heterocycles. The van der Waals surface area contributed by atoms with Crippen molar-refractivity contribution < 1.29 is 52.5 Å². The molecule has 0 amide bonds. The number of hydrogen-bond donors (Lipinski definition) is 0. The summed E-state index contributed by atoms with van der Waals surface area (Å²) >= 11 is 3.79. The van der Waals surface area contributed by atoms with Gasteiger partial charge in [-0.05, 0) is 11.8 Å². The van der Waals surface area contributed by atoms with Gasteiger partial charge >= 0.3 is 3.79 Å². The van der Waals surface area contributed by atoms with Crippen LogP contribution in [0.2, 0.25) is 0 Å². The SMILES string of the molecule is O=S(c1c(F)c(F)c(F)c(F)c1F)C(F)(Cl)Sc1c(F)c(F)c(F)c(F)c1F. The van der Waals surface area contributed by atoms with Crippen LogP contribution in [0, 0.1) is 58.2 Å². The Hall–Kier alpha value is -1.54. The second-order valence-electron chi connectivity index (χ2n) is 4.63. The van der Waals surface area contributed by atoms with Gasteiger partial charge in [-0.1, -0.05) is 11.6 Å². The van der Waals surface area contributed by atoms with Crippen LogP contribution < -0.4 is 0 Å². The third-order valence-corrected chi connectivity index (χ3v) is 6.28. The molecule has 0 heterocycles. The molecule has 0 aromatic heterocycles. The summed E-state index contributed by atoms with van der Waals surface area (Å²) in [6.07, 6.45) is 0. The molecule has 0 fully saturated rings. The first-order valence-corrected chi connectivity index (χ1v) is 8.60. The maximum absolute atomic E-state index is 14.4. The van der Waals surface area contributed by atoms with Crippen LogP contribution >= 0.6 is 23.4 Å². The van der Waals surface area contributed by atoms with E-state index >= 15 is 0 Å². The summed E-state index contributed by atoms with van der Waals surface area (Å²) in [6.45, 7) is 0. The molecule has 0 spiro atoms. The molecule has 2 atom stereocenters. The van der Waals surface area contributed by atoms with Gasteiger partial charge in [0.15, 0.2) is 46.5 Å². The molecule has 0 bridgehead atoms. The van der Waals surface area contributed by atoms with E-state index in [0.717, 1.165) is 0 Å². The van der Waals surface area contributed by atoms with Gasteiger partial charge in [0.1, 0.15) is 15.7 Å². The Morgan fingerprint density at radius 2 is 0.893 bits per heavy atom. The summed E-state index contributed by atoms with van der Waals surface area (Å²) in [6, 6.07) is 0. The van der Waals surface area contributed by atoms with E-state index in [1.54, 1.807) is 0 Å². The number of thioether (sulfide) groups is 1. The van der Waals surface area contributed by atoms with Crippen LogP contribution in [0.5, 0.6) is 0 Å². The van der Waals surface area contributed by atoms with Crippen molar-refractivity contribution in [2.24, 2.45) is 0 Å². The van der Waals surface area contributed by atoms with E-state index in [1.165, 1.54) is 0 Å². The third kappa shape index (κ3) is 3.56. The minimum atomic E-state index is -4.32. The fourth-order valence-corrected chi connectivity index (χ4v) is 4.30. The largest absolute Gasteiger partial charge is 0.313 e. The van der Waals surface area contributed by atoms with Gasteiger partial charge in [-0.15, -0.1) is 0 Å². The lowest BCUT2D eigenvalue weighted by Gasteiger charge is -2.19. The number of rotatable bonds is 4. The summed E-state index contributed by atoms with van der Waals surface area (Å²) in [5.41, 5.74) is 0. The first-order valence-electron chi connectivity index (χ1n) is 6.25. The molecule has 15 heteroatoms. The van der Waals surface area contributed by atoms with Crippen LogP contribution in [0.15, 0.2) is 9.79 Å². The van der Waals surface area contributed by atoms with E-state index in [1.807, 2.05) is 0 Å². The predicted molar refractivity (Wildman–Crippen MR) is 74.4 cm³/mol. The zero-order valence-electron chi connectivity index (χ0n) is 12.3. The molecular formula is C13ClF11OS2. The van der Waals surface area contributed by atoms with Crippen molar-refractivity contribution in [1.29, 1.82) is 0 Å². The Labute approximate surface area is 158 Å². The lowest BCUT2D eigenvalue weighted by molar-refractivity contribution is 0.357. The van der Waals surface area contributed by atoms with Crippen LogP contribution in [-0.4, -0.2) is 8.00 Å². The maximum atomic E-state index is 14.4. The lowest BCUT2D eigenvalue weighted by atomic mass is 10.3. The van der Waals surface area contributed by atoms with Crippen molar-refractivity contribution in [3.8, 4) is 0 Å². The molecule has 154 valence electrons. The summed E-state index contributed by atoms with van der Waals surface area (Å²) in [4.78, 5) is -4.36. The highest BCUT2D eigenvalue weighted by atomic mass is 35.5. The monoisotopic (exact) mass is 480 g/mol. The Bertz CT molecular complexity index is 953. The molecule has 2 aromatic rings. The highest BCUT2D eigenvalue weighted by Gasteiger charge is 2.45. The molecule has 0 aliphatic carbocycles. The van der Waals surface area contributed by atoms with Gasteiger partial charge in [-0.3, -0.25) is 0 Å². The van der Waals surface area contributed by atoms with Gasteiger partial charge in [-0.2, -0.15) is 4.39 Å². The highest BCUT2D eigenvalue weighted by Crippen LogP contribution is 2.47. The molecule has 28 heavy (non-hydrogen) atoms. The third-order valence-electron chi connectivity index (χ3n) is 2.96. The number of halogens is 12. The van der Waals surface area contributed by atoms with Crippen LogP contribution in [0.1, 0.15) is 0 Å². The average molecular weight is 481 g/mol. The molecule has 2 rings (SSSR count). The van der Waals surface area contributed by atoms with E-state index in [0.29, 0.717) is 0 Å². The summed E-state index contributed by atoms with van der Waals surface area (Å²) in [7, 11) is -4.09. The van der Waals surface area contributed by atoms with Gasteiger partial charge < -0.3 is 0 Å². The van der Waals surface area contributed by atoms with Crippen molar-refractivity contribution in [3.05, 3.63) is 58.2 Å². The molecule has 0 aliphatic heterocycles. The van der Waals surface area contributed by atoms with Crippen molar-refractivity contribution in [2.45, 2.75) is 13.6 Å². The lowest BCUT2D eigenvalue weighted by Crippen LogP contribution is -2.22. The minimum Gasteiger partial charge on any atom is -0.249 e. The van der Waals surface area contributed by atoms with E-state index in [2.05, 4.69) is 0 Å². The number of alkyl halides is 2. The number of benzene rings is 2. The van der Waals surface area contributed by atoms with Crippen LogP contribution in [0.25, 0.3) is 0 Å². The Morgan fingerprint density at radius 1 is 0.607 bits per heavy atom. The van der Waals surface area contributed by atoms with Crippen molar-refractivity contribution in [1.82, 2.24) is 0 Å². The van der Waals surface area contributed by atoms with Crippen molar-refractivity contribution >= 4 is 34.2 Å². The second kappa shape index (κ2) is 7.71. The molecule has 2 unspecified atom stereocenters. The van der Waals surface area contributed by atoms with Gasteiger partial charge in [0, 0.05) is 0 Å². The second-order valence-corrected chi connectivity index (χ2v) is 8.54. The first-order chi connectivity index (χ1) is 12.7. The van der Waals surface area contributed by atoms with Crippen LogP contribution in [0.4, 0.5) is 48.3 Å². The van der Waals surface area contributed by atoms with Gasteiger partial charge in [-0.25, -0.2) is 48.1 Å². The van der Waals surface area contributed by atoms with Crippen molar-refractivity contribution in [2.75, 3.05) is 0 Å². The molecule has 0 N–H and O–H groups in total. The number of hydrogen-bond acceptors (Lipinski definition) is 2. The van der Waals surface area contributed by atoms with Crippen LogP contribution in [0.3, 0.4) is 0 Å². The predicted octanol–water partition coefficient (Wildman–Crippen LogP) is 5.80. The molecule has 1 nitrogen and oxygen atoms in total.